The zero-order valence-electron chi connectivity index (χ0n) is 10.4. The van der Waals surface area contributed by atoms with Gasteiger partial charge in [-0.3, -0.25) is 4.79 Å². The van der Waals surface area contributed by atoms with Crippen LogP contribution in [0.4, 0.5) is 0 Å². The fourth-order valence-corrected chi connectivity index (χ4v) is 1.98. The van der Waals surface area contributed by atoms with Crippen molar-refractivity contribution in [3.63, 3.8) is 0 Å². The Morgan fingerprint density at radius 2 is 2.17 bits per heavy atom. The van der Waals surface area contributed by atoms with E-state index in [-0.39, 0.29) is 5.91 Å². The lowest BCUT2D eigenvalue weighted by Crippen LogP contribution is -2.48. The monoisotopic (exact) mass is 266 g/mol. The van der Waals surface area contributed by atoms with Crippen molar-refractivity contribution >= 4 is 23.6 Å². The van der Waals surface area contributed by atoms with E-state index in [0.29, 0.717) is 17.7 Å². The average molecular weight is 266 g/mol. The number of carbonyl (C=O) groups excluding carboxylic acids is 2. The molecule has 0 aliphatic rings. The summed E-state index contributed by atoms with van der Waals surface area (Å²) < 4.78 is 0. The minimum absolute atomic E-state index is 0.362. The van der Waals surface area contributed by atoms with Gasteiger partial charge in [0.25, 0.3) is 5.91 Å². The van der Waals surface area contributed by atoms with Gasteiger partial charge in [-0.15, -0.1) is 0 Å². The summed E-state index contributed by atoms with van der Waals surface area (Å²) >= 11 is 1.53. The lowest BCUT2D eigenvalue weighted by molar-refractivity contribution is -0.308. The second kappa shape index (κ2) is 7.06. The first kappa shape index (κ1) is 14.6. The highest BCUT2D eigenvalue weighted by atomic mass is 32.2. The van der Waals surface area contributed by atoms with Crippen LogP contribution < -0.4 is 10.4 Å². The van der Waals surface area contributed by atoms with E-state index in [1.165, 1.54) is 11.8 Å². The van der Waals surface area contributed by atoms with E-state index in [1.54, 1.807) is 18.2 Å². The van der Waals surface area contributed by atoms with Gasteiger partial charge in [0.15, 0.2) is 0 Å². The Hall–Kier alpha value is -1.49. The number of carboxylic acid groups (broad SMARTS) is 1. The Bertz CT molecular complexity index is 434. The molecule has 0 heterocycles. The third-order valence-electron chi connectivity index (χ3n) is 2.48. The maximum atomic E-state index is 11.9. The quantitative estimate of drug-likeness (QED) is 0.818. The lowest BCUT2D eigenvalue weighted by atomic mass is 10.1. The summed E-state index contributed by atoms with van der Waals surface area (Å²) in [4.78, 5) is 22.8. The summed E-state index contributed by atoms with van der Waals surface area (Å²) in [5, 5.41) is 13.4. The molecule has 18 heavy (non-hydrogen) atoms. The Morgan fingerprint density at radius 1 is 1.44 bits per heavy atom. The third kappa shape index (κ3) is 4.41. The van der Waals surface area contributed by atoms with Crippen LogP contribution in [-0.2, 0) is 4.79 Å². The van der Waals surface area contributed by atoms with E-state index in [0.717, 1.165) is 5.56 Å². The van der Waals surface area contributed by atoms with Crippen LogP contribution in [-0.4, -0.2) is 29.9 Å². The normalized spacial score (nSPS) is 11.9. The molecule has 0 spiro atoms. The molecule has 0 fully saturated rings. The van der Waals surface area contributed by atoms with Crippen LogP contribution in [0.15, 0.2) is 24.3 Å². The molecule has 0 bridgehead atoms. The van der Waals surface area contributed by atoms with E-state index in [9.17, 15) is 14.7 Å². The first-order valence-corrected chi connectivity index (χ1v) is 7.01. The number of aliphatic carboxylic acids is 1. The molecule has 0 saturated heterocycles. The van der Waals surface area contributed by atoms with E-state index in [2.05, 4.69) is 5.32 Å². The molecule has 1 amide bonds. The van der Waals surface area contributed by atoms with Crippen molar-refractivity contribution in [1.29, 1.82) is 0 Å². The molecule has 0 saturated carbocycles. The number of aryl methyl sites for hydroxylation is 1. The summed E-state index contributed by atoms with van der Waals surface area (Å²) in [7, 11) is 0. The molecule has 0 aromatic heterocycles. The number of carbonyl (C=O) groups is 2. The molecule has 98 valence electrons. The molecular formula is C13H16NO3S-. The molecule has 0 aliphatic carbocycles. The highest BCUT2D eigenvalue weighted by molar-refractivity contribution is 7.98. The first-order valence-electron chi connectivity index (χ1n) is 5.62. The number of thioether (sulfide) groups is 1. The van der Waals surface area contributed by atoms with Crippen LogP contribution in [0, 0.1) is 6.92 Å². The summed E-state index contributed by atoms with van der Waals surface area (Å²) in [5.41, 5.74) is 1.42. The van der Waals surface area contributed by atoms with Gasteiger partial charge >= 0.3 is 0 Å². The van der Waals surface area contributed by atoms with Gasteiger partial charge in [0.2, 0.25) is 0 Å². The van der Waals surface area contributed by atoms with Gasteiger partial charge in [-0.2, -0.15) is 11.8 Å². The fraction of sp³-hybridized carbons (Fsp3) is 0.385. The smallest absolute Gasteiger partial charge is 0.251 e. The molecule has 1 aromatic carbocycles. The number of hydrogen-bond donors (Lipinski definition) is 1. The van der Waals surface area contributed by atoms with Gasteiger partial charge < -0.3 is 15.2 Å². The SMILES string of the molecule is CSCC[C@@H](NC(=O)c1cccc(C)c1)C(=O)[O-]. The maximum Gasteiger partial charge on any atom is 0.251 e. The zero-order valence-corrected chi connectivity index (χ0v) is 11.3. The summed E-state index contributed by atoms with van der Waals surface area (Å²) in [5.74, 6) is -0.966. The van der Waals surface area contributed by atoms with Crippen molar-refractivity contribution in [3.05, 3.63) is 35.4 Å². The lowest BCUT2D eigenvalue weighted by Gasteiger charge is -2.19. The van der Waals surface area contributed by atoms with Gasteiger partial charge in [0.05, 0.1) is 12.0 Å². The fourth-order valence-electron chi connectivity index (χ4n) is 1.51. The molecule has 1 atom stereocenters. The molecule has 1 N–H and O–H groups in total. The van der Waals surface area contributed by atoms with E-state index in [4.69, 9.17) is 0 Å². The van der Waals surface area contributed by atoms with Crippen molar-refractivity contribution in [1.82, 2.24) is 5.32 Å². The van der Waals surface area contributed by atoms with E-state index in [1.807, 2.05) is 19.2 Å². The van der Waals surface area contributed by atoms with Crippen LogP contribution >= 0.6 is 11.8 Å². The van der Waals surface area contributed by atoms with Crippen molar-refractivity contribution < 1.29 is 14.7 Å². The number of amides is 1. The molecule has 0 unspecified atom stereocenters. The summed E-state index contributed by atoms with van der Waals surface area (Å²) in [6.45, 7) is 1.88. The first-order chi connectivity index (χ1) is 8.54. The summed E-state index contributed by atoms with van der Waals surface area (Å²) in [6.07, 6.45) is 2.25. The van der Waals surface area contributed by atoms with Crippen LogP contribution in [0.5, 0.6) is 0 Å². The Morgan fingerprint density at radius 3 is 2.72 bits per heavy atom. The van der Waals surface area contributed by atoms with Crippen molar-refractivity contribution in [2.75, 3.05) is 12.0 Å². The number of nitrogens with one attached hydrogen (secondary N) is 1. The zero-order chi connectivity index (χ0) is 13.5. The number of rotatable bonds is 6. The Balaban J connectivity index is 2.69. The Labute approximate surface area is 111 Å². The number of benzene rings is 1. The minimum atomic E-state index is -1.25. The molecule has 1 rings (SSSR count). The van der Waals surface area contributed by atoms with E-state index < -0.39 is 12.0 Å². The molecule has 0 radical (unpaired) electrons. The topological polar surface area (TPSA) is 69.2 Å². The maximum absolute atomic E-state index is 11.9. The van der Waals surface area contributed by atoms with E-state index >= 15 is 0 Å². The minimum Gasteiger partial charge on any atom is -0.548 e. The second-order valence-corrected chi connectivity index (χ2v) is 4.98. The largest absolute Gasteiger partial charge is 0.548 e. The van der Waals surface area contributed by atoms with Gasteiger partial charge in [-0.25, -0.2) is 0 Å². The van der Waals surface area contributed by atoms with Crippen LogP contribution in [0.3, 0.4) is 0 Å². The molecule has 0 aliphatic heterocycles. The van der Waals surface area contributed by atoms with Crippen LogP contribution in [0.2, 0.25) is 0 Å². The number of hydrogen-bond acceptors (Lipinski definition) is 4. The highest BCUT2D eigenvalue weighted by Gasteiger charge is 2.14. The summed E-state index contributed by atoms with van der Waals surface area (Å²) in [6, 6.07) is 6.07. The van der Waals surface area contributed by atoms with Crippen LogP contribution in [0.1, 0.15) is 22.3 Å². The van der Waals surface area contributed by atoms with Gasteiger partial charge in [0.1, 0.15) is 0 Å². The van der Waals surface area contributed by atoms with Gasteiger partial charge in [0, 0.05) is 5.56 Å². The molecular weight excluding hydrogens is 250 g/mol. The molecule has 5 heteroatoms. The van der Waals surface area contributed by atoms with Gasteiger partial charge in [-0.05, 0) is 37.5 Å². The molecule has 1 aromatic rings. The predicted octanol–water partition coefficient (Wildman–Crippen LogP) is 0.596. The predicted molar refractivity (Wildman–Crippen MR) is 70.4 cm³/mol. The van der Waals surface area contributed by atoms with Gasteiger partial charge in [-0.1, -0.05) is 17.7 Å². The van der Waals surface area contributed by atoms with Crippen molar-refractivity contribution in [2.45, 2.75) is 19.4 Å². The average Bonchev–Trinajstić information content (AvgIpc) is 2.33. The highest BCUT2D eigenvalue weighted by Crippen LogP contribution is 2.06. The second-order valence-electron chi connectivity index (χ2n) is 4.00. The standard InChI is InChI=1S/C13H17NO3S/c1-9-4-3-5-10(8-9)12(15)14-11(13(16)17)6-7-18-2/h3-5,8,11H,6-7H2,1-2H3,(H,14,15)(H,16,17)/p-1/t11-/m1/s1. The number of carboxylic acids is 1. The van der Waals surface area contributed by atoms with Crippen molar-refractivity contribution in [2.24, 2.45) is 0 Å². The Kier molecular flexibility index (Phi) is 5.71. The van der Waals surface area contributed by atoms with Crippen LogP contribution in [0.25, 0.3) is 0 Å². The van der Waals surface area contributed by atoms with Crippen molar-refractivity contribution in [3.8, 4) is 0 Å². The molecule has 4 nitrogen and oxygen atoms in total. The third-order valence-corrected chi connectivity index (χ3v) is 3.12.